The zero-order valence-corrected chi connectivity index (χ0v) is 15.0. The van der Waals surface area contributed by atoms with Crippen molar-refractivity contribution in [2.75, 3.05) is 0 Å². The van der Waals surface area contributed by atoms with E-state index in [1.807, 2.05) is 0 Å². The zero-order valence-electron chi connectivity index (χ0n) is 15.0. The van der Waals surface area contributed by atoms with Crippen LogP contribution in [0.25, 0.3) is 11.5 Å². The van der Waals surface area contributed by atoms with Gasteiger partial charge in [0.2, 0.25) is 18.2 Å². The molecule has 1 aliphatic rings. The highest BCUT2D eigenvalue weighted by Gasteiger charge is 2.38. The molecule has 0 radical (unpaired) electrons. The minimum atomic E-state index is -4.74. The fraction of sp³-hybridized carbons (Fsp3) is 0.211. The Balaban J connectivity index is 1.44. The van der Waals surface area contributed by atoms with Crippen LogP contribution >= 0.6 is 0 Å². The third kappa shape index (κ3) is 4.31. The summed E-state index contributed by atoms with van der Waals surface area (Å²) in [5, 5.41) is 11.4. The number of nitrogens with zero attached hydrogens (tertiary/aromatic N) is 3. The topological polar surface area (TPSA) is 79.0 Å². The summed E-state index contributed by atoms with van der Waals surface area (Å²) in [7, 11) is 0. The van der Waals surface area contributed by atoms with E-state index in [9.17, 15) is 13.2 Å². The molecule has 1 atom stereocenters. The molecule has 1 aromatic heterocycles. The van der Waals surface area contributed by atoms with Crippen molar-refractivity contribution in [3.8, 4) is 23.0 Å². The van der Waals surface area contributed by atoms with E-state index in [0.717, 1.165) is 0 Å². The van der Waals surface area contributed by atoms with E-state index in [4.69, 9.17) is 14.0 Å². The number of oxime groups is 1. The summed E-state index contributed by atoms with van der Waals surface area (Å²) in [5.41, 5.74) is 0.437. The number of hydrogen-bond donors (Lipinski definition) is 0. The van der Waals surface area contributed by atoms with E-state index in [0.29, 0.717) is 28.7 Å². The molecular weight excluding hydrogens is 391 g/mol. The molecule has 0 fully saturated rings. The number of rotatable bonds is 4. The predicted molar refractivity (Wildman–Crippen MR) is 94.0 cm³/mol. The smallest absolute Gasteiger partial charge is 0.440 e. The van der Waals surface area contributed by atoms with Gasteiger partial charge >= 0.3 is 6.36 Å². The molecule has 0 N–H and O–H groups in total. The molecule has 0 unspecified atom stereocenters. The summed E-state index contributed by atoms with van der Waals surface area (Å²) in [5.74, 6) is 0.871. The van der Waals surface area contributed by atoms with Crippen molar-refractivity contribution >= 4 is 5.90 Å². The first-order valence-electron chi connectivity index (χ1n) is 8.47. The van der Waals surface area contributed by atoms with Crippen LogP contribution in [-0.2, 0) is 10.4 Å². The SMILES string of the molecule is C[C@@]1(c2ccc(OC(F)(F)F)cc2)CC(Oc2cccc(-c3nnco3)c2)=NO1. The Kier molecular flexibility index (Phi) is 4.61. The lowest BCUT2D eigenvalue weighted by Gasteiger charge is -2.21. The van der Waals surface area contributed by atoms with Gasteiger partial charge in [-0.25, -0.2) is 0 Å². The molecule has 150 valence electrons. The first-order chi connectivity index (χ1) is 13.8. The van der Waals surface area contributed by atoms with Gasteiger partial charge in [0.1, 0.15) is 11.5 Å². The summed E-state index contributed by atoms with van der Waals surface area (Å²) in [6.07, 6.45) is -3.22. The molecule has 3 aromatic rings. The van der Waals surface area contributed by atoms with E-state index in [-0.39, 0.29) is 12.2 Å². The predicted octanol–water partition coefficient (Wildman–Crippen LogP) is 4.66. The van der Waals surface area contributed by atoms with Gasteiger partial charge in [-0.15, -0.1) is 23.4 Å². The van der Waals surface area contributed by atoms with Crippen LogP contribution < -0.4 is 9.47 Å². The van der Waals surface area contributed by atoms with Gasteiger partial charge in [0.05, 0.1) is 6.42 Å². The summed E-state index contributed by atoms with van der Waals surface area (Å²) in [4.78, 5) is 5.51. The number of alkyl halides is 3. The second kappa shape index (κ2) is 7.12. The van der Waals surface area contributed by atoms with Crippen molar-refractivity contribution in [2.45, 2.75) is 25.3 Å². The van der Waals surface area contributed by atoms with Crippen molar-refractivity contribution in [1.82, 2.24) is 10.2 Å². The fourth-order valence-electron chi connectivity index (χ4n) is 2.85. The number of ether oxygens (including phenoxy) is 2. The van der Waals surface area contributed by atoms with E-state index in [1.54, 1.807) is 31.2 Å². The number of halogens is 3. The second-order valence-electron chi connectivity index (χ2n) is 6.43. The lowest BCUT2D eigenvalue weighted by Crippen LogP contribution is -2.23. The molecule has 10 heteroatoms. The number of benzene rings is 2. The fourth-order valence-corrected chi connectivity index (χ4v) is 2.85. The van der Waals surface area contributed by atoms with Crippen molar-refractivity contribution in [2.24, 2.45) is 5.16 Å². The molecule has 0 bridgehead atoms. The Bertz CT molecular complexity index is 1020. The van der Waals surface area contributed by atoms with E-state index in [2.05, 4.69) is 20.1 Å². The molecule has 29 heavy (non-hydrogen) atoms. The molecule has 1 aliphatic heterocycles. The Morgan fingerprint density at radius 2 is 1.86 bits per heavy atom. The van der Waals surface area contributed by atoms with Crippen molar-refractivity contribution in [3.05, 3.63) is 60.5 Å². The molecular formula is C19H14F3N3O4. The maximum atomic E-state index is 12.3. The first-order valence-corrected chi connectivity index (χ1v) is 8.47. The summed E-state index contributed by atoms with van der Waals surface area (Å²) in [6, 6.07) is 12.5. The van der Waals surface area contributed by atoms with Gasteiger partial charge in [-0.05, 0) is 42.8 Å². The van der Waals surface area contributed by atoms with E-state index < -0.39 is 12.0 Å². The van der Waals surface area contributed by atoms with Gasteiger partial charge in [0.15, 0.2) is 5.60 Å². The molecule has 0 spiro atoms. The monoisotopic (exact) mass is 405 g/mol. The van der Waals surface area contributed by atoms with Crippen LogP contribution in [0.3, 0.4) is 0 Å². The highest BCUT2D eigenvalue weighted by Crippen LogP contribution is 2.36. The van der Waals surface area contributed by atoms with Gasteiger partial charge in [0, 0.05) is 5.56 Å². The highest BCUT2D eigenvalue weighted by atomic mass is 19.4. The Morgan fingerprint density at radius 3 is 2.55 bits per heavy atom. The Hall–Kier alpha value is -3.56. The van der Waals surface area contributed by atoms with Crippen LogP contribution in [0.5, 0.6) is 11.5 Å². The van der Waals surface area contributed by atoms with Crippen LogP contribution in [0.1, 0.15) is 18.9 Å². The zero-order chi connectivity index (χ0) is 20.5. The quantitative estimate of drug-likeness (QED) is 0.628. The maximum absolute atomic E-state index is 12.3. The molecule has 0 amide bonds. The van der Waals surface area contributed by atoms with Gasteiger partial charge in [-0.3, -0.25) is 0 Å². The third-order valence-electron chi connectivity index (χ3n) is 4.21. The number of hydrogen-bond acceptors (Lipinski definition) is 7. The van der Waals surface area contributed by atoms with Gasteiger partial charge < -0.3 is 18.7 Å². The Labute approximate surface area is 162 Å². The normalized spacial score (nSPS) is 18.8. The molecule has 0 saturated carbocycles. The summed E-state index contributed by atoms with van der Waals surface area (Å²) >= 11 is 0. The van der Waals surface area contributed by atoms with Crippen LogP contribution in [0.15, 0.2) is 64.5 Å². The third-order valence-corrected chi connectivity index (χ3v) is 4.21. The summed E-state index contributed by atoms with van der Waals surface area (Å²) in [6.45, 7) is 1.77. The van der Waals surface area contributed by atoms with Crippen LogP contribution in [-0.4, -0.2) is 22.5 Å². The number of aromatic nitrogens is 2. The average Bonchev–Trinajstić information content (AvgIpc) is 3.32. The van der Waals surface area contributed by atoms with Crippen LogP contribution in [0.4, 0.5) is 13.2 Å². The minimum Gasteiger partial charge on any atom is -0.440 e. The van der Waals surface area contributed by atoms with Crippen molar-refractivity contribution in [1.29, 1.82) is 0 Å². The van der Waals surface area contributed by atoms with Gasteiger partial charge in [-0.2, -0.15) is 0 Å². The first kappa shape index (κ1) is 18.8. The lowest BCUT2D eigenvalue weighted by molar-refractivity contribution is -0.274. The molecule has 2 aromatic carbocycles. The van der Waals surface area contributed by atoms with Crippen LogP contribution in [0, 0.1) is 0 Å². The molecule has 2 heterocycles. The van der Waals surface area contributed by atoms with E-state index >= 15 is 0 Å². The lowest BCUT2D eigenvalue weighted by atomic mass is 9.93. The molecule has 0 saturated heterocycles. The van der Waals surface area contributed by atoms with Crippen molar-refractivity contribution < 1.29 is 31.9 Å². The average molecular weight is 405 g/mol. The minimum absolute atomic E-state index is 0.289. The van der Waals surface area contributed by atoms with Crippen LogP contribution in [0.2, 0.25) is 0 Å². The largest absolute Gasteiger partial charge is 0.573 e. The maximum Gasteiger partial charge on any atom is 0.573 e. The Morgan fingerprint density at radius 1 is 1.07 bits per heavy atom. The molecule has 4 rings (SSSR count). The standard InChI is InChI=1S/C19H14F3N3O4/c1-18(13-5-7-14(8-6-13)28-19(20,21)22)10-16(25-29-18)27-15-4-2-3-12(9-15)17-24-23-11-26-17/h2-9,11H,10H2,1H3/t18-/m0/s1. The second-order valence-corrected chi connectivity index (χ2v) is 6.43. The van der Waals surface area contributed by atoms with Gasteiger partial charge in [0.25, 0.3) is 0 Å². The highest BCUT2D eigenvalue weighted by molar-refractivity contribution is 5.81. The van der Waals surface area contributed by atoms with E-state index in [1.165, 1.54) is 30.7 Å². The van der Waals surface area contributed by atoms with Crippen molar-refractivity contribution in [3.63, 3.8) is 0 Å². The molecule has 0 aliphatic carbocycles. The molecule has 7 nitrogen and oxygen atoms in total. The van der Waals surface area contributed by atoms with Gasteiger partial charge in [-0.1, -0.05) is 23.4 Å². The summed E-state index contributed by atoms with van der Waals surface area (Å²) < 4.78 is 51.7.